The fourth-order valence-corrected chi connectivity index (χ4v) is 3.67. The van der Waals surface area contributed by atoms with Gasteiger partial charge < -0.3 is 10.4 Å². The van der Waals surface area contributed by atoms with Crippen molar-refractivity contribution >= 4 is 51.4 Å². The van der Waals surface area contributed by atoms with Gasteiger partial charge in [-0.3, -0.25) is 9.78 Å². The van der Waals surface area contributed by atoms with Crippen molar-refractivity contribution in [3.63, 3.8) is 0 Å². The number of amides is 1. The van der Waals surface area contributed by atoms with Crippen LogP contribution in [0, 0.1) is 0 Å². The molecule has 2 aromatic heterocycles. The molecular formula is C18H15ClN2O3S. The van der Waals surface area contributed by atoms with Crippen molar-refractivity contribution in [2.75, 3.05) is 5.32 Å². The average molecular weight is 375 g/mol. The van der Waals surface area contributed by atoms with Crippen molar-refractivity contribution in [3.05, 3.63) is 58.4 Å². The Labute approximate surface area is 153 Å². The molecule has 0 fully saturated rings. The van der Waals surface area contributed by atoms with Gasteiger partial charge in [0.2, 0.25) is 5.91 Å². The number of anilines is 1. The Morgan fingerprint density at radius 1 is 1.28 bits per heavy atom. The summed E-state index contributed by atoms with van der Waals surface area (Å²) in [7, 11) is 0. The number of nitrogens with zero attached hydrogens (tertiary/aromatic N) is 1. The van der Waals surface area contributed by atoms with E-state index in [0.717, 1.165) is 10.9 Å². The van der Waals surface area contributed by atoms with Gasteiger partial charge in [-0.1, -0.05) is 25.1 Å². The number of aromatic nitrogens is 1. The first-order valence-electron chi connectivity index (χ1n) is 7.61. The van der Waals surface area contributed by atoms with E-state index in [4.69, 9.17) is 11.6 Å². The minimum absolute atomic E-state index is 0.0491. The predicted molar refractivity (Wildman–Crippen MR) is 99.5 cm³/mol. The molecule has 0 aliphatic rings. The van der Waals surface area contributed by atoms with Crippen molar-refractivity contribution in [3.8, 4) is 0 Å². The number of nitrogens with one attached hydrogen (secondary N) is 1. The SMILES string of the molecule is CCC(Cl)(C(=O)Nc1cscc1C(=O)O)c1cccc2ncccc12. The molecule has 1 unspecified atom stereocenters. The lowest BCUT2D eigenvalue weighted by Crippen LogP contribution is -2.35. The molecule has 5 nitrogen and oxygen atoms in total. The number of carboxylic acids is 1. The van der Waals surface area contributed by atoms with Gasteiger partial charge in [0, 0.05) is 22.3 Å². The third kappa shape index (κ3) is 3.10. The van der Waals surface area contributed by atoms with Crippen LogP contribution in [-0.4, -0.2) is 22.0 Å². The zero-order valence-electron chi connectivity index (χ0n) is 13.3. The van der Waals surface area contributed by atoms with Gasteiger partial charge in [-0.05, 0) is 24.1 Å². The number of thiophene rings is 1. The van der Waals surface area contributed by atoms with Crippen molar-refractivity contribution < 1.29 is 14.7 Å². The number of fused-ring (bicyclic) bond motifs is 1. The Bertz CT molecular complexity index is 951. The van der Waals surface area contributed by atoms with Crippen molar-refractivity contribution in [1.82, 2.24) is 4.98 Å². The minimum atomic E-state index is -1.33. The first kappa shape index (κ1) is 17.4. The standard InChI is InChI=1S/C18H15ClN2O3S/c1-2-18(19,13-6-3-7-14-11(13)5-4-8-20-14)17(24)21-15-10-25-9-12(15)16(22)23/h3-10H,2H2,1H3,(H,21,24)(H,22,23). The fraction of sp³-hybridized carbons (Fsp3) is 0.167. The van der Waals surface area contributed by atoms with E-state index in [9.17, 15) is 14.7 Å². The van der Waals surface area contributed by atoms with Gasteiger partial charge >= 0.3 is 5.97 Å². The van der Waals surface area contributed by atoms with Crippen LogP contribution in [0.3, 0.4) is 0 Å². The summed E-state index contributed by atoms with van der Waals surface area (Å²) in [6.45, 7) is 1.81. The van der Waals surface area contributed by atoms with Gasteiger partial charge in [0.1, 0.15) is 4.87 Å². The molecule has 0 aliphatic heterocycles. The van der Waals surface area contributed by atoms with Crippen molar-refractivity contribution in [1.29, 1.82) is 0 Å². The summed E-state index contributed by atoms with van der Waals surface area (Å²) in [4.78, 5) is 27.1. The second-order valence-electron chi connectivity index (χ2n) is 5.49. The molecule has 128 valence electrons. The Balaban J connectivity index is 2.03. The normalized spacial score (nSPS) is 13.4. The number of aromatic carboxylic acids is 1. The van der Waals surface area contributed by atoms with E-state index in [1.54, 1.807) is 29.8 Å². The quantitative estimate of drug-likeness (QED) is 0.645. The Kier molecular flexibility index (Phi) is 4.74. The molecule has 0 bridgehead atoms. The van der Waals surface area contributed by atoms with Crippen LogP contribution >= 0.6 is 22.9 Å². The Morgan fingerprint density at radius 3 is 2.80 bits per heavy atom. The molecule has 3 aromatic rings. The highest BCUT2D eigenvalue weighted by molar-refractivity contribution is 7.08. The number of carboxylic acid groups (broad SMARTS) is 1. The number of alkyl halides is 1. The maximum Gasteiger partial charge on any atom is 0.338 e. The molecule has 0 aliphatic carbocycles. The van der Waals surface area contributed by atoms with Gasteiger partial charge in [-0.2, -0.15) is 0 Å². The topological polar surface area (TPSA) is 79.3 Å². The molecule has 0 saturated heterocycles. The highest BCUT2D eigenvalue weighted by Crippen LogP contribution is 2.38. The third-order valence-electron chi connectivity index (χ3n) is 4.06. The molecule has 0 radical (unpaired) electrons. The number of pyridine rings is 1. The fourth-order valence-electron chi connectivity index (χ4n) is 2.70. The molecule has 7 heteroatoms. The number of benzene rings is 1. The monoisotopic (exact) mass is 374 g/mol. The Morgan fingerprint density at radius 2 is 2.08 bits per heavy atom. The zero-order valence-corrected chi connectivity index (χ0v) is 14.9. The molecule has 25 heavy (non-hydrogen) atoms. The lowest BCUT2D eigenvalue weighted by Gasteiger charge is -2.26. The van der Waals surface area contributed by atoms with Gasteiger partial charge in [0.25, 0.3) is 0 Å². The second-order valence-corrected chi connectivity index (χ2v) is 6.88. The summed E-state index contributed by atoms with van der Waals surface area (Å²) >= 11 is 7.95. The number of rotatable bonds is 5. The summed E-state index contributed by atoms with van der Waals surface area (Å²) < 4.78 is 0. The number of hydrogen-bond acceptors (Lipinski definition) is 4. The summed E-state index contributed by atoms with van der Waals surface area (Å²) in [5.41, 5.74) is 1.69. The summed E-state index contributed by atoms with van der Waals surface area (Å²) in [6, 6.07) is 9.11. The van der Waals surface area contributed by atoms with Gasteiger partial charge in [-0.15, -0.1) is 22.9 Å². The lowest BCUT2D eigenvalue weighted by atomic mass is 9.91. The van der Waals surface area contributed by atoms with Gasteiger partial charge in [-0.25, -0.2) is 4.79 Å². The van der Waals surface area contributed by atoms with E-state index in [-0.39, 0.29) is 11.3 Å². The lowest BCUT2D eigenvalue weighted by molar-refractivity contribution is -0.119. The van der Waals surface area contributed by atoms with E-state index in [0.29, 0.717) is 12.0 Å². The Hall–Kier alpha value is -2.44. The first-order valence-corrected chi connectivity index (χ1v) is 8.93. The number of carbonyl (C=O) groups excluding carboxylic acids is 1. The van der Waals surface area contributed by atoms with E-state index in [1.165, 1.54) is 16.7 Å². The molecule has 2 heterocycles. The average Bonchev–Trinajstić information content (AvgIpc) is 3.09. The predicted octanol–water partition coefficient (Wildman–Crippen LogP) is 4.48. The van der Waals surface area contributed by atoms with Crippen LogP contribution in [0.15, 0.2) is 47.3 Å². The van der Waals surface area contributed by atoms with Crippen LogP contribution in [0.5, 0.6) is 0 Å². The third-order valence-corrected chi connectivity index (χ3v) is 5.45. The molecular weight excluding hydrogens is 360 g/mol. The minimum Gasteiger partial charge on any atom is -0.478 e. The molecule has 1 amide bonds. The highest BCUT2D eigenvalue weighted by Gasteiger charge is 2.38. The molecule has 1 atom stereocenters. The smallest absolute Gasteiger partial charge is 0.338 e. The summed E-state index contributed by atoms with van der Waals surface area (Å²) in [5, 5.41) is 15.7. The van der Waals surface area contributed by atoms with Crippen LogP contribution in [0.2, 0.25) is 0 Å². The highest BCUT2D eigenvalue weighted by atomic mass is 35.5. The van der Waals surface area contributed by atoms with E-state index < -0.39 is 16.8 Å². The van der Waals surface area contributed by atoms with Gasteiger partial charge in [0.15, 0.2) is 0 Å². The number of carbonyl (C=O) groups is 2. The zero-order chi connectivity index (χ0) is 18.0. The maximum absolute atomic E-state index is 12.9. The van der Waals surface area contributed by atoms with Crippen LogP contribution < -0.4 is 5.32 Å². The largest absolute Gasteiger partial charge is 0.478 e. The maximum atomic E-state index is 12.9. The van der Waals surface area contributed by atoms with Crippen LogP contribution in [0.25, 0.3) is 10.9 Å². The van der Waals surface area contributed by atoms with Crippen LogP contribution in [-0.2, 0) is 9.67 Å². The van der Waals surface area contributed by atoms with Gasteiger partial charge in [0.05, 0.1) is 16.8 Å². The van der Waals surface area contributed by atoms with Crippen molar-refractivity contribution in [2.45, 2.75) is 18.2 Å². The van der Waals surface area contributed by atoms with Crippen LogP contribution in [0.4, 0.5) is 5.69 Å². The van der Waals surface area contributed by atoms with E-state index >= 15 is 0 Å². The van der Waals surface area contributed by atoms with E-state index in [2.05, 4.69) is 10.3 Å². The molecule has 1 aromatic carbocycles. The first-order chi connectivity index (χ1) is 12.0. The molecule has 2 N–H and O–H groups in total. The molecule has 0 saturated carbocycles. The molecule has 0 spiro atoms. The van der Waals surface area contributed by atoms with Crippen molar-refractivity contribution in [2.24, 2.45) is 0 Å². The summed E-state index contributed by atoms with van der Waals surface area (Å²) in [5.74, 6) is -1.56. The second kappa shape index (κ2) is 6.82. The number of hydrogen-bond donors (Lipinski definition) is 2. The van der Waals surface area contributed by atoms with E-state index in [1.807, 2.05) is 19.1 Å². The summed E-state index contributed by atoms with van der Waals surface area (Å²) in [6.07, 6.45) is 2.01. The molecule has 3 rings (SSSR count). The number of halogens is 1. The van der Waals surface area contributed by atoms with Crippen LogP contribution in [0.1, 0.15) is 29.3 Å².